The second-order valence-electron chi connectivity index (χ2n) is 4.36. The number of carbonyl (C=O) groups is 2. The van der Waals surface area contributed by atoms with E-state index < -0.39 is 35.3 Å². The van der Waals surface area contributed by atoms with Crippen LogP contribution in [0.1, 0.15) is 23.2 Å². The Balaban J connectivity index is 1.91. The molecular weight excluding hydrogens is 270 g/mol. The van der Waals surface area contributed by atoms with E-state index in [9.17, 15) is 19.2 Å². The summed E-state index contributed by atoms with van der Waals surface area (Å²) in [4.78, 5) is 48.7. The van der Waals surface area contributed by atoms with Gasteiger partial charge in [-0.3, -0.25) is 14.6 Å². The quantitative estimate of drug-likeness (QED) is 0.525. The first-order valence-electron chi connectivity index (χ1n) is 5.96. The van der Waals surface area contributed by atoms with Gasteiger partial charge in [0, 0.05) is 12.7 Å². The minimum Gasteiger partial charge on any atom is -0.479 e. The molecule has 0 aromatic carbocycles. The molecule has 1 aliphatic rings. The van der Waals surface area contributed by atoms with Crippen LogP contribution in [0.5, 0.6) is 0 Å². The van der Waals surface area contributed by atoms with Crippen LogP contribution in [-0.2, 0) is 9.53 Å². The molecule has 1 amide bonds. The Hall–Kier alpha value is -2.42. The Morgan fingerprint density at radius 2 is 2.15 bits per heavy atom. The molecule has 4 N–H and O–H groups in total. The van der Waals surface area contributed by atoms with Gasteiger partial charge in [-0.2, -0.15) is 0 Å². The average molecular weight is 283 g/mol. The normalized spacial score (nSPS) is 21.6. The number of amides is 1. The van der Waals surface area contributed by atoms with Crippen LogP contribution in [0.2, 0.25) is 0 Å². The third-order valence-electron chi connectivity index (χ3n) is 2.94. The second kappa shape index (κ2) is 5.70. The van der Waals surface area contributed by atoms with Crippen LogP contribution < -0.4 is 16.6 Å². The molecule has 0 aliphatic carbocycles. The largest absolute Gasteiger partial charge is 0.479 e. The van der Waals surface area contributed by atoms with Crippen molar-refractivity contribution in [1.29, 1.82) is 0 Å². The summed E-state index contributed by atoms with van der Waals surface area (Å²) in [5.74, 6) is -1.69. The summed E-state index contributed by atoms with van der Waals surface area (Å²) in [5.41, 5.74) is -1.71. The van der Waals surface area contributed by atoms with Gasteiger partial charge in [0.15, 0.2) is 6.10 Å². The van der Waals surface area contributed by atoms with Crippen molar-refractivity contribution in [1.82, 2.24) is 15.3 Å². The maximum atomic E-state index is 11.7. The van der Waals surface area contributed by atoms with E-state index in [2.05, 4.69) is 10.3 Å². The molecule has 0 bridgehead atoms. The lowest BCUT2D eigenvalue weighted by Gasteiger charge is -2.11. The van der Waals surface area contributed by atoms with Crippen LogP contribution in [0.25, 0.3) is 0 Å². The molecule has 108 valence electrons. The van der Waals surface area contributed by atoms with Crippen LogP contribution >= 0.6 is 0 Å². The van der Waals surface area contributed by atoms with Gasteiger partial charge in [-0.15, -0.1) is 0 Å². The zero-order chi connectivity index (χ0) is 14.7. The molecule has 0 spiro atoms. The van der Waals surface area contributed by atoms with E-state index in [0.29, 0.717) is 12.8 Å². The van der Waals surface area contributed by atoms with Gasteiger partial charge in [0.1, 0.15) is 5.56 Å². The molecule has 20 heavy (non-hydrogen) atoms. The molecule has 9 nitrogen and oxygen atoms in total. The van der Waals surface area contributed by atoms with Gasteiger partial charge in [-0.1, -0.05) is 0 Å². The van der Waals surface area contributed by atoms with Crippen LogP contribution in [-0.4, -0.2) is 45.7 Å². The van der Waals surface area contributed by atoms with Crippen molar-refractivity contribution in [2.75, 3.05) is 6.54 Å². The number of nitrogens with one attached hydrogen (secondary N) is 3. The van der Waals surface area contributed by atoms with E-state index in [1.54, 1.807) is 0 Å². The van der Waals surface area contributed by atoms with Crippen molar-refractivity contribution in [2.24, 2.45) is 0 Å². The fourth-order valence-electron chi connectivity index (χ4n) is 1.92. The highest BCUT2D eigenvalue weighted by Crippen LogP contribution is 2.19. The van der Waals surface area contributed by atoms with Crippen molar-refractivity contribution in [2.45, 2.75) is 25.0 Å². The van der Waals surface area contributed by atoms with Crippen LogP contribution in [0, 0.1) is 0 Å². The van der Waals surface area contributed by atoms with Crippen molar-refractivity contribution in [3.05, 3.63) is 32.6 Å². The lowest BCUT2D eigenvalue weighted by atomic mass is 10.2. The summed E-state index contributed by atoms with van der Waals surface area (Å²) in [6.07, 6.45) is 0.663. The van der Waals surface area contributed by atoms with Crippen LogP contribution in [0.15, 0.2) is 15.8 Å². The Morgan fingerprint density at radius 1 is 1.40 bits per heavy atom. The molecule has 0 radical (unpaired) electrons. The Labute approximate surface area is 112 Å². The van der Waals surface area contributed by atoms with Crippen LogP contribution in [0.4, 0.5) is 0 Å². The molecular formula is C11H13N3O6. The number of carboxylic acid groups (broad SMARTS) is 1. The predicted molar refractivity (Wildman–Crippen MR) is 65.5 cm³/mol. The molecule has 1 aromatic heterocycles. The Kier molecular flexibility index (Phi) is 3.99. The van der Waals surface area contributed by atoms with Gasteiger partial charge in [0.05, 0.1) is 6.10 Å². The number of carbonyl (C=O) groups excluding carboxylic acids is 1. The van der Waals surface area contributed by atoms with Crippen molar-refractivity contribution in [3.8, 4) is 0 Å². The number of aromatic amines is 2. The third-order valence-corrected chi connectivity index (χ3v) is 2.94. The fourth-order valence-corrected chi connectivity index (χ4v) is 1.92. The standard InChI is InChI=1S/C11H13N3O6/c15-8(6-4-13-11(19)14-9(6)16)12-3-5-1-2-7(20-5)10(17)18/h4-5,7H,1-3H2,(H,12,15)(H,17,18)(H2,13,14,16,19). The number of aromatic nitrogens is 2. The SMILES string of the molecule is O=C(NCC1CCC(C(=O)O)O1)c1c[nH]c(=O)[nH]c1=O. The zero-order valence-corrected chi connectivity index (χ0v) is 10.3. The van der Waals surface area contributed by atoms with Crippen LogP contribution in [0.3, 0.4) is 0 Å². The third kappa shape index (κ3) is 3.12. The first-order valence-corrected chi connectivity index (χ1v) is 5.96. The zero-order valence-electron chi connectivity index (χ0n) is 10.3. The minimum atomic E-state index is -1.03. The molecule has 1 fully saturated rings. The number of carboxylic acids is 1. The summed E-state index contributed by atoms with van der Waals surface area (Å²) >= 11 is 0. The highest BCUT2D eigenvalue weighted by atomic mass is 16.5. The maximum Gasteiger partial charge on any atom is 0.332 e. The monoisotopic (exact) mass is 283 g/mol. The molecule has 2 heterocycles. The Bertz CT molecular complexity index is 634. The molecule has 1 aliphatic heterocycles. The molecule has 9 heteroatoms. The minimum absolute atomic E-state index is 0.0984. The maximum absolute atomic E-state index is 11.7. The summed E-state index contributed by atoms with van der Waals surface area (Å²) in [7, 11) is 0. The van der Waals surface area contributed by atoms with Gasteiger partial charge in [-0.25, -0.2) is 9.59 Å². The first kappa shape index (κ1) is 14.0. The summed E-state index contributed by atoms with van der Waals surface area (Å²) in [6, 6.07) is 0. The van der Waals surface area contributed by atoms with Gasteiger partial charge in [0.2, 0.25) is 0 Å². The number of ether oxygens (including phenoxy) is 1. The van der Waals surface area contributed by atoms with E-state index in [-0.39, 0.29) is 12.1 Å². The second-order valence-corrected chi connectivity index (χ2v) is 4.36. The van der Waals surface area contributed by atoms with E-state index >= 15 is 0 Å². The summed E-state index contributed by atoms with van der Waals surface area (Å²) in [6.45, 7) is 0.0984. The van der Waals surface area contributed by atoms with Crippen molar-refractivity contribution < 1.29 is 19.4 Å². The predicted octanol–water partition coefficient (Wildman–Crippen LogP) is -1.57. The molecule has 0 saturated carbocycles. The highest BCUT2D eigenvalue weighted by Gasteiger charge is 2.30. The van der Waals surface area contributed by atoms with E-state index in [0.717, 1.165) is 6.20 Å². The molecule has 2 unspecified atom stereocenters. The van der Waals surface area contributed by atoms with Gasteiger partial charge < -0.3 is 20.1 Å². The molecule has 1 saturated heterocycles. The first-order chi connectivity index (χ1) is 9.47. The van der Waals surface area contributed by atoms with E-state index in [1.165, 1.54) is 0 Å². The smallest absolute Gasteiger partial charge is 0.332 e. The van der Waals surface area contributed by atoms with Crippen molar-refractivity contribution in [3.63, 3.8) is 0 Å². The number of hydrogen-bond donors (Lipinski definition) is 4. The lowest BCUT2D eigenvalue weighted by molar-refractivity contribution is -0.149. The fraction of sp³-hybridized carbons (Fsp3) is 0.455. The van der Waals surface area contributed by atoms with E-state index in [4.69, 9.17) is 9.84 Å². The molecule has 2 atom stereocenters. The lowest BCUT2D eigenvalue weighted by Crippen LogP contribution is -2.37. The average Bonchev–Trinajstić information content (AvgIpc) is 2.85. The summed E-state index contributed by atoms with van der Waals surface area (Å²) in [5, 5.41) is 11.2. The van der Waals surface area contributed by atoms with Gasteiger partial charge in [0.25, 0.3) is 11.5 Å². The summed E-state index contributed by atoms with van der Waals surface area (Å²) < 4.78 is 5.20. The number of rotatable bonds is 4. The molecule has 2 rings (SSSR count). The molecule has 1 aromatic rings. The number of aliphatic carboxylic acids is 1. The number of H-pyrrole nitrogens is 2. The van der Waals surface area contributed by atoms with Crippen molar-refractivity contribution >= 4 is 11.9 Å². The highest BCUT2D eigenvalue weighted by molar-refractivity contribution is 5.93. The van der Waals surface area contributed by atoms with Gasteiger partial charge in [-0.05, 0) is 12.8 Å². The topological polar surface area (TPSA) is 141 Å². The Morgan fingerprint density at radius 3 is 2.75 bits per heavy atom. The number of hydrogen-bond acceptors (Lipinski definition) is 5. The van der Waals surface area contributed by atoms with Gasteiger partial charge >= 0.3 is 11.7 Å². The van der Waals surface area contributed by atoms with E-state index in [1.807, 2.05) is 4.98 Å².